The summed E-state index contributed by atoms with van der Waals surface area (Å²) in [6, 6.07) is 29.3. The van der Waals surface area contributed by atoms with Gasteiger partial charge in [-0.1, -0.05) is 77.8 Å². The third-order valence-electron chi connectivity index (χ3n) is 7.27. The highest BCUT2D eigenvalue weighted by Crippen LogP contribution is 2.31. The molecule has 2 amide bonds. The zero-order chi connectivity index (χ0) is 41.1. The van der Waals surface area contributed by atoms with Crippen LogP contribution in [0, 0.1) is 0 Å². The number of thiophene rings is 1. The van der Waals surface area contributed by atoms with Crippen LogP contribution in [0.5, 0.6) is 0 Å². The summed E-state index contributed by atoms with van der Waals surface area (Å²) in [5, 5.41) is 10.7. The second-order valence-electron chi connectivity index (χ2n) is 11.2. The Morgan fingerprint density at radius 1 is 0.536 bits per heavy atom. The van der Waals surface area contributed by atoms with Crippen molar-refractivity contribution in [2.75, 3.05) is 0 Å². The van der Waals surface area contributed by atoms with E-state index in [4.69, 9.17) is 37.9 Å². The number of nitrogens with one attached hydrogen (secondary N) is 2. The lowest BCUT2D eigenvalue weighted by molar-refractivity contribution is 0.0953. The fraction of sp³-hybridized carbons (Fsp3) is 0. The zero-order valence-corrected chi connectivity index (χ0v) is 33.6. The van der Waals surface area contributed by atoms with Crippen LogP contribution >= 0.6 is 34.5 Å². The monoisotopic (exact) mass is 896 g/mol. The lowest BCUT2D eigenvalue weighted by Crippen LogP contribution is -2.31. The highest BCUT2D eigenvalue weighted by atomic mass is 35.5. The molecule has 2 heterocycles. The van der Waals surface area contributed by atoms with Crippen molar-refractivity contribution in [1.29, 1.82) is 0 Å². The molecule has 6 aromatic rings. The molecule has 0 aliphatic heterocycles. The van der Waals surface area contributed by atoms with E-state index in [1.165, 1.54) is 54.6 Å². The van der Waals surface area contributed by atoms with E-state index in [-0.39, 0.29) is 21.4 Å². The maximum Gasteiger partial charge on any atom is 0.300 e. The van der Waals surface area contributed by atoms with Gasteiger partial charge in [-0.2, -0.15) is 0 Å². The molecule has 0 aliphatic carbocycles. The number of carbonyl (C=O) groups excluding carboxylic acids is 2. The van der Waals surface area contributed by atoms with Gasteiger partial charge in [0.2, 0.25) is 20.0 Å². The molecule has 0 fully saturated rings. The molecule has 0 atom stereocenters. The molecule has 0 aliphatic rings. The average Bonchev–Trinajstić information content (AvgIpc) is 3.84. The van der Waals surface area contributed by atoms with Gasteiger partial charge in [0.05, 0.1) is 14.9 Å². The van der Waals surface area contributed by atoms with E-state index in [1.807, 2.05) is 35.1 Å². The Balaban J connectivity index is 0.000000215. The van der Waals surface area contributed by atoms with Gasteiger partial charge < -0.3 is 4.42 Å². The number of hydrogen-bond acceptors (Lipinski definition) is 12. The van der Waals surface area contributed by atoms with E-state index in [0.717, 1.165) is 46.0 Å². The smallest absolute Gasteiger partial charge is 0.300 e. The molecular formula is C34H26Cl2N4O11S5. The van der Waals surface area contributed by atoms with Gasteiger partial charge in [0, 0.05) is 10.4 Å². The van der Waals surface area contributed by atoms with E-state index in [0.29, 0.717) is 10.6 Å². The van der Waals surface area contributed by atoms with Crippen molar-refractivity contribution in [2.45, 2.75) is 19.6 Å². The van der Waals surface area contributed by atoms with Gasteiger partial charge in [0.1, 0.15) is 25.3 Å². The van der Waals surface area contributed by atoms with E-state index in [1.54, 1.807) is 16.9 Å². The molecule has 0 unspecified atom stereocenters. The summed E-state index contributed by atoms with van der Waals surface area (Å²) in [7, 11) is -17.6. The summed E-state index contributed by atoms with van der Waals surface area (Å²) in [5.41, 5.74) is 1.41. The normalized spacial score (nSPS) is 11.9. The first-order chi connectivity index (χ1) is 26.2. The predicted molar refractivity (Wildman–Crippen MR) is 209 cm³/mol. The summed E-state index contributed by atoms with van der Waals surface area (Å²) >= 11 is 12.9. The number of carbonyl (C=O) groups is 2. The number of nitrogens with two attached hydrogens (primary N) is 2. The third-order valence-corrected chi connectivity index (χ3v) is 14.1. The Kier molecular flexibility index (Phi) is 12.6. The van der Waals surface area contributed by atoms with E-state index >= 15 is 0 Å². The molecule has 0 spiro atoms. The van der Waals surface area contributed by atoms with Crippen LogP contribution in [-0.4, -0.2) is 45.5 Å². The van der Waals surface area contributed by atoms with Crippen LogP contribution in [-0.2, 0) is 40.1 Å². The first-order valence-electron chi connectivity index (χ1n) is 15.3. The molecule has 0 radical (unpaired) electrons. The van der Waals surface area contributed by atoms with Gasteiger partial charge in [0.25, 0.3) is 26.0 Å². The van der Waals surface area contributed by atoms with Crippen molar-refractivity contribution in [3.8, 4) is 21.8 Å². The van der Waals surface area contributed by atoms with Gasteiger partial charge in [0.15, 0.2) is 5.76 Å². The fourth-order valence-corrected chi connectivity index (χ4v) is 10.7. The topological polar surface area (TPSA) is 260 Å². The second-order valence-corrected chi connectivity index (χ2v) is 19.4. The lowest BCUT2D eigenvalue weighted by Gasteiger charge is -2.09. The summed E-state index contributed by atoms with van der Waals surface area (Å²) in [5.74, 6) is -2.02. The maximum atomic E-state index is 12.5. The number of rotatable bonds is 10. The van der Waals surface area contributed by atoms with E-state index in [2.05, 4.69) is 0 Å². The number of halogens is 2. The highest BCUT2D eigenvalue weighted by molar-refractivity contribution is 7.93. The SMILES string of the molecule is NS(=O)(=O)c1ccccc1S(=O)(=O)NC(=O)c1ccc(-c2ccc(Cl)c(Cl)c2)o1.NS(=O)(=O)c1ccccc1S(=O)(=O)NC(=O)c1ccc(-c2ccccc2)s1. The fourth-order valence-electron chi connectivity index (χ4n) is 4.75. The predicted octanol–water partition coefficient (Wildman–Crippen LogP) is 5.20. The Hall–Kier alpha value is -4.90. The molecule has 4 aromatic carbocycles. The molecule has 0 saturated heterocycles. The number of benzene rings is 4. The minimum absolute atomic E-state index is 0.172. The first-order valence-corrected chi connectivity index (χ1v) is 22.9. The number of sulfonamides is 4. The second kappa shape index (κ2) is 16.7. The van der Waals surface area contributed by atoms with Crippen molar-refractivity contribution in [3.63, 3.8) is 0 Å². The zero-order valence-electron chi connectivity index (χ0n) is 28.0. The van der Waals surface area contributed by atoms with Crippen LogP contribution in [0.25, 0.3) is 21.8 Å². The van der Waals surface area contributed by atoms with Crippen molar-refractivity contribution in [2.24, 2.45) is 10.3 Å². The average molecular weight is 898 g/mol. The third kappa shape index (κ3) is 10.1. The number of amides is 2. The Morgan fingerprint density at radius 3 is 1.55 bits per heavy atom. The number of hydrogen-bond donors (Lipinski definition) is 4. The number of primary sulfonamides is 2. The van der Waals surface area contributed by atoms with Crippen LogP contribution in [0.1, 0.15) is 20.2 Å². The van der Waals surface area contributed by atoms with Gasteiger partial charge >= 0.3 is 5.91 Å². The van der Waals surface area contributed by atoms with Gasteiger partial charge in [-0.05, 0) is 72.3 Å². The van der Waals surface area contributed by atoms with Crippen molar-refractivity contribution >= 4 is 86.4 Å². The van der Waals surface area contributed by atoms with E-state index < -0.39 is 71.5 Å². The molecule has 0 saturated carbocycles. The maximum absolute atomic E-state index is 12.5. The first kappa shape index (κ1) is 42.2. The standard InChI is InChI=1S/C17H12Cl2N2O6S2.C17H14N2O5S3/c18-11-6-5-10(9-12(11)19)13-7-8-14(27-13)17(22)21-29(25,26)16-4-2-1-3-15(16)28(20,23)24;18-26(21,22)15-8-4-5-9-16(15)27(23,24)19-17(20)14-11-10-13(25-14)12-6-2-1-3-7-12/h1-9H,(H,21,22)(H2,20,23,24);1-11H,(H,19,20)(H2,18,21,22). The lowest BCUT2D eigenvalue weighted by atomic mass is 10.2. The van der Waals surface area contributed by atoms with Gasteiger partial charge in [-0.15, -0.1) is 11.3 Å². The molecule has 56 heavy (non-hydrogen) atoms. The van der Waals surface area contributed by atoms with Gasteiger partial charge in [-0.3, -0.25) is 9.59 Å². The minimum atomic E-state index is -4.55. The summed E-state index contributed by atoms with van der Waals surface area (Å²) in [6.07, 6.45) is 0. The van der Waals surface area contributed by atoms with Crippen molar-refractivity contribution in [1.82, 2.24) is 9.44 Å². The van der Waals surface area contributed by atoms with Crippen LogP contribution in [0.3, 0.4) is 0 Å². The van der Waals surface area contributed by atoms with Crippen LogP contribution in [0.4, 0.5) is 0 Å². The minimum Gasteiger partial charge on any atom is -0.451 e. The Morgan fingerprint density at radius 2 is 1.04 bits per heavy atom. The molecule has 22 heteroatoms. The highest BCUT2D eigenvalue weighted by Gasteiger charge is 2.28. The molecule has 6 N–H and O–H groups in total. The molecule has 292 valence electrons. The Bertz CT molecular complexity index is 2920. The van der Waals surface area contributed by atoms with Crippen LogP contribution in [0.15, 0.2) is 145 Å². The van der Waals surface area contributed by atoms with Crippen LogP contribution < -0.4 is 19.7 Å². The summed E-state index contributed by atoms with van der Waals surface area (Å²) in [4.78, 5) is 23.2. The van der Waals surface area contributed by atoms with Crippen molar-refractivity contribution in [3.05, 3.63) is 142 Å². The quantitative estimate of drug-likeness (QED) is 0.139. The largest absolute Gasteiger partial charge is 0.451 e. The van der Waals surface area contributed by atoms with Crippen LogP contribution in [0.2, 0.25) is 10.0 Å². The molecule has 2 aromatic heterocycles. The molecule has 15 nitrogen and oxygen atoms in total. The molecule has 6 rings (SSSR count). The summed E-state index contributed by atoms with van der Waals surface area (Å²) < 4.78 is 106. The molecule has 0 bridgehead atoms. The van der Waals surface area contributed by atoms with E-state index in [9.17, 15) is 43.3 Å². The van der Waals surface area contributed by atoms with Crippen molar-refractivity contribution < 1.29 is 47.7 Å². The number of furan rings is 1. The van der Waals surface area contributed by atoms with Gasteiger partial charge in [-0.25, -0.2) is 53.4 Å². The summed E-state index contributed by atoms with van der Waals surface area (Å²) in [6.45, 7) is 0. The Labute approximate surface area is 335 Å². The molecular weight excluding hydrogens is 872 g/mol.